The number of likely N-dealkylation sites (tertiary alicyclic amines) is 1. The maximum atomic E-state index is 12.2. The minimum absolute atomic E-state index is 0. The molecule has 0 spiro atoms. The van der Waals surface area contributed by atoms with E-state index in [0.717, 1.165) is 0 Å². The lowest BCUT2D eigenvalue weighted by molar-refractivity contribution is -0.274. The fraction of sp³-hybridized carbons (Fsp3) is 0.588. The van der Waals surface area contributed by atoms with Gasteiger partial charge in [0.15, 0.2) is 0 Å². The monoisotopic (exact) mass is 396 g/mol. The van der Waals surface area contributed by atoms with E-state index < -0.39 is 12.4 Å². The number of hydrogen-bond acceptors (Lipinski definition) is 4. The van der Waals surface area contributed by atoms with E-state index in [-0.39, 0.29) is 36.1 Å². The lowest BCUT2D eigenvalue weighted by atomic mass is 10.0. The Kier molecular flexibility index (Phi) is 8.02. The molecular formula is C17H24ClF3N2O3. The summed E-state index contributed by atoms with van der Waals surface area (Å²) in [5.41, 5.74) is 5.89. The summed E-state index contributed by atoms with van der Waals surface area (Å²) >= 11 is 0. The lowest BCUT2D eigenvalue weighted by Gasteiger charge is -2.34. The Labute approximate surface area is 157 Å². The molecule has 1 fully saturated rings. The van der Waals surface area contributed by atoms with Gasteiger partial charge < -0.3 is 20.1 Å². The van der Waals surface area contributed by atoms with Crippen LogP contribution in [0.25, 0.3) is 0 Å². The van der Waals surface area contributed by atoms with E-state index in [4.69, 9.17) is 10.5 Å². The molecular weight excluding hydrogens is 373 g/mol. The number of ether oxygens (including phenoxy) is 2. The van der Waals surface area contributed by atoms with Crippen molar-refractivity contribution in [2.24, 2.45) is 11.7 Å². The highest BCUT2D eigenvalue weighted by Crippen LogP contribution is 2.26. The molecule has 0 radical (unpaired) electrons. The van der Waals surface area contributed by atoms with Crippen LogP contribution in [0.5, 0.6) is 11.5 Å². The van der Waals surface area contributed by atoms with E-state index >= 15 is 0 Å². The molecule has 5 nitrogen and oxygen atoms in total. The summed E-state index contributed by atoms with van der Waals surface area (Å²) in [6.07, 6.45) is -3.50. The smallest absolute Gasteiger partial charge is 0.490 e. The molecule has 2 rings (SSSR count). The number of halogens is 4. The number of rotatable bonds is 5. The van der Waals surface area contributed by atoms with Gasteiger partial charge in [-0.25, -0.2) is 0 Å². The first kappa shape index (κ1) is 22.4. The Morgan fingerprint density at radius 2 is 1.65 bits per heavy atom. The van der Waals surface area contributed by atoms with Crippen LogP contribution in [-0.2, 0) is 4.79 Å². The van der Waals surface area contributed by atoms with Gasteiger partial charge in [0.1, 0.15) is 17.6 Å². The van der Waals surface area contributed by atoms with Crippen LogP contribution in [0.15, 0.2) is 24.3 Å². The first-order valence-electron chi connectivity index (χ1n) is 8.22. The summed E-state index contributed by atoms with van der Waals surface area (Å²) < 4.78 is 46.0. The van der Waals surface area contributed by atoms with Crippen molar-refractivity contribution >= 4 is 18.3 Å². The number of carbonyl (C=O) groups excluding carboxylic acids is 1. The molecule has 1 atom stereocenters. The van der Waals surface area contributed by atoms with Gasteiger partial charge in [-0.05, 0) is 30.2 Å². The van der Waals surface area contributed by atoms with Crippen LogP contribution in [0.4, 0.5) is 13.2 Å². The second-order valence-corrected chi connectivity index (χ2v) is 6.43. The number of nitrogens with zero attached hydrogens (tertiary/aromatic N) is 1. The minimum Gasteiger partial charge on any atom is -0.490 e. The van der Waals surface area contributed by atoms with Crippen molar-refractivity contribution in [3.05, 3.63) is 24.3 Å². The van der Waals surface area contributed by atoms with Gasteiger partial charge >= 0.3 is 6.36 Å². The van der Waals surface area contributed by atoms with Gasteiger partial charge in [0.25, 0.3) is 0 Å². The van der Waals surface area contributed by atoms with Crippen LogP contribution in [0.3, 0.4) is 0 Å². The predicted octanol–water partition coefficient (Wildman–Crippen LogP) is 3.36. The number of piperidine rings is 1. The fourth-order valence-corrected chi connectivity index (χ4v) is 2.60. The summed E-state index contributed by atoms with van der Waals surface area (Å²) in [5.74, 6) is 0.210. The lowest BCUT2D eigenvalue weighted by Crippen LogP contribution is -2.50. The molecule has 1 amide bonds. The highest BCUT2D eigenvalue weighted by Gasteiger charge is 2.31. The number of hydrogen-bond donors (Lipinski definition) is 1. The van der Waals surface area contributed by atoms with Crippen molar-refractivity contribution in [2.75, 3.05) is 13.1 Å². The van der Waals surface area contributed by atoms with Crippen molar-refractivity contribution in [1.29, 1.82) is 0 Å². The van der Waals surface area contributed by atoms with Crippen LogP contribution in [0.1, 0.15) is 26.7 Å². The molecule has 1 aliphatic heterocycles. The number of nitrogens with two attached hydrogens (primary N) is 1. The highest BCUT2D eigenvalue weighted by atomic mass is 35.5. The third-order valence-electron chi connectivity index (χ3n) is 4.12. The van der Waals surface area contributed by atoms with Crippen LogP contribution in [-0.4, -0.2) is 42.4 Å². The summed E-state index contributed by atoms with van der Waals surface area (Å²) in [4.78, 5) is 14.0. The summed E-state index contributed by atoms with van der Waals surface area (Å²) in [6.45, 7) is 4.92. The molecule has 9 heteroatoms. The molecule has 1 aromatic rings. The Bertz CT molecular complexity index is 574. The molecule has 1 saturated heterocycles. The summed E-state index contributed by atoms with van der Waals surface area (Å²) in [5, 5.41) is 0. The van der Waals surface area contributed by atoms with Crippen LogP contribution < -0.4 is 15.2 Å². The molecule has 0 unspecified atom stereocenters. The average Bonchev–Trinajstić information content (AvgIpc) is 2.54. The Balaban J connectivity index is 0.00000338. The van der Waals surface area contributed by atoms with Crippen molar-refractivity contribution in [3.8, 4) is 11.5 Å². The maximum absolute atomic E-state index is 12.2. The number of alkyl halides is 3. The van der Waals surface area contributed by atoms with E-state index in [0.29, 0.717) is 31.7 Å². The SMILES string of the molecule is CC(C)[C@H](N)C(=O)N1CCC(Oc2ccc(OC(F)(F)F)cc2)CC1.Cl. The molecule has 26 heavy (non-hydrogen) atoms. The van der Waals surface area contributed by atoms with E-state index in [1.54, 1.807) is 4.90 Å². The first-order chi connectivity index (χ1) is 11.7. The zero-order valence-electron chi connectivity index (χ0n) is 14.7. The second-order valence-electron chi connectivity index (χ2n) is 6.43. The average molecular weight is 397 g/mol. The molecule has 0 aliphatic carbocycles. The van der Waals surface area contributed by atoms with E-state index in [9.17, 15) is 18.0 Å². The largest absolute Gasteiger partial charge is 0.573 e. The molecule has 0 saturated carbocycles. The molecule has 1 aromatic carbocycles. The van der Waals surface area contributed by atoms with Crippen molar-refractivity contribution < 1.29 is 27.4 Å². The van der Waals surface area contributed by atoms with Crippen molar-refractivity contribution in [1.82, 2.24) is 4.90 Å². The van der Waals surface area contributed by atoms with Gasteiger partial charge in [-0.15, -0.1) is 25.6 Å². The molecule has 0 bridgehead atoms. The molecule has 0 aromatic heterocycles. The van der Waals surface area contributed by atoms with Gasteiger partial charge in [0.05, 0.1) is 6.04 Å². The minimum atomic E-state index is -4.71. The van der Waals surface area contributed by atoms with Gasteiger partial charge in [-0.2, -0.15) is 0 Å². The molecule has 2 N–H and O–H groups in total. The van der Waals surface area contributed by atoms with Crippen molar-refractivity contribution in [3.63, 3.8) is 0 Å². The Hall–Kier alpha value is -1.67. The third kappa shape index (κ3) is 6.57. The molecule has 148 valence electrons. The molecule has 1 heterocycles. The van der Waals surface area contributed by atoms with Crippen LogP contribution in [0, 0.1) is 5.92 Å². The topological polar surface area (TPSA) is 64.8 Å². The summed E-state index contributed by atoms with van der Waals surface area (Å²) in [6, 6.07) is 4.80. The van der Waals surface area contributed by atoms with Crippen LogP contribution in [0.2, 0.25) is 0 Å². The first-order valence-corrected chi connectivity index (χ1v) is 8.22. The number of benzene rings is 1. The van der Waals surface area contributed by atoms with Gasteiger partial charge in [-0.3, -0.25) is 4.79 Å². The van der Waals surface area contributed by atoms with Crippen LogP contribution >= 0.6 is 12.4 Å². The predicted molar refractivity (Wildman–Crippen MR) is 93.4 cm³/mol. The highest BCUT2D eigenvalue weighted by molar-refractivity contribution is 5.85. The fourth-order valence-electron chi connectivity index (χ4n) is 2.60. The standard InChI is InChI=1S/C17H23F3N2O3.ClH/c1-11(2)15(21)16(23)22-9-7-13(8-10-22)24-12-3-5-14(6-4-12)25-17(18,19)20;/h3-6,11,13,15H,7-10,21H2,1-2H3;1H/t15-;/m0./s1. The van der Waals surface area contributed by atoms with E-state index in [1.807, 2.05) is 13.8 Å². The van der Waals surface area contributed by atoms with Crippen molar-refractivity contribution in [2.45, 2.75) is 45.2 Å². The van der Waals surface area contributed by atoms with Gasteiger partial charge in [-0.1, -0.05) is 13.8 Å². The summed E-state index contributed by atoms with van der Waals surface area (Å²) in [7, 11) is 0. The Morgan fingerprint density at radius 1 is 1.15 bits per heavy atom. The van der Waals surface area contributed by atoms with Gasteiger partial charge in [0, 0.05) is 25.9 Å². The van der Waals surface area contributed by atoms with E-state index in [1.165, 1.54) is 24.3 Å². The van der Waals surface area contributed by atoms with E-state index in [2.05, 4.69) is 4.74 Å². The number of carbonyl (C=O) groups is 1. The normalized spacial score (nSPS) is 16.8. The number of amides is 1. The zero-order valence-corrected chi connectivity index (χ0v) is 15.5. The zero-order chi connectivity index (χ0) is 18.6. The third-order valence-corrected chi connectivity index (χ3v) is 4.12. The second kappa shape index (κ2) is 9.32. The Morgan fingerprint density at radius 3 is 2.12 bits per heavy atom. The quantitative estimate of drug-likeness (QED) is 0.828. The maximum Gasteiger partial charge on any atom is 0.573 e. The molecule has 1 aliphatic rings. The van der Waals surface area contributed by atoms with Gasteiger partial charge in [0.2, 0.25) is 5.91 Å².